The fourth-order valence-electron chi connectivity index (χ4n) is 2.45. The zero-order valence-electron chi connectivity index (χ0n) is 13.0. The van der Waals surface area contributed by atoms with Crippen molar-refractivity contribution in [3.05, 3.63) is 41.7 Å². The minimum absolute atomic E-state index is 0.106. The normalized spacial score (nSPS) is 13.9. The van der Waals surface area contributed by atoms with Gasteiger partial charge in [-0.3, -0.25) is 4.79 Å². The van der Waals surface area contributed by atoms with Crippen molar-refractivity contribution in [2.24, 2.45) is 0 Å². The second kappa shape index (κ2) is 6.22. The maximum atomic E-state index is 12.2. The van der Waals surface area contributed by atoms with Gasteiger partial charge < -0.3 is 10.1 Å². The zero-order chi connectivity index (χ0) is 15.5. The van der Waals surface area contributed by atoms with E-state index in [0.29, 0.717) is 18.2 Å². The van der Waals surface area contributed by atoms with Crippen LogP contribution in [0.2, 0.25) is 0 Å². The summed E-state index contributed by atoms with van der Waals surface area (Å²) in [5.41, 5.74) is 2.52. The summed E-state index contributed by atoms with van der Waals surface area (Å²) < 4.78 is 7.16. The van der Waals surface area contributed by atoms with Crippen molar-refractivity contribution < 1.29 is 9.53 Å². The van der Waals surface area contributed by atoms with E-state index in [1.54, 1.807) is 7.11 Å². The van der Waals surface area contributed by atoms with Crippen LogP contribution in [0.5, 0.6) is 5.75 Å². The molecule has 1 fully saturated rings. The molecule has 5 heteroatoms. The molecule has 5 nitrogen and oxygen atoms in total. The summed E-state index contributed by atoms with van der Waals surface area (Å²) in [5.74, 6) is 1.18. The van der Waals surface area contributed by atoms with Gasteiger partial charge >= 0.3 is 0 Å². The van der Waals surface area contributed by atoms with E-state index >= 15 is 0 Å². The van der Waals surface area contributed by atoms with Gasteiger partial charge in [0, 0.05) is 24.2 Å². The number of carbonyl (C=O) groups excluding carboxylic acids is 1. The number of carbonyl (C=O) groups is 1. The van der Waals surface area contributed by atoms with Gasteiger partial charge in [0.05, 0.1) is 12.8 Å². The molecule has 0 spiro atoms. The summed E-state index contributed by atoms with van der Waals surface area (Å²) in [7, 11) is 1.65. The second-order valence-electron chi connectivity index (χ2n) is 5.60. The van der Waals surface area contributed by atoms with Crippen LogP contribution in [0.15, 0.2) is 30.3 Å². The lowest BCUT2D eigenvalue weighted by Gasteiger charge is -2.08. The molecule has 1 aliphatic carbocycles. The molecule has 1 aromatic carbocycles. The Kier molecular flexibility index (Phi) is 4.13. The first-order valence-corrected chi connectivity index (χ1v) is 7.75. The summed E-state index contributed by atoms with van der Waals surface area (Å²) in [6.45, 7) is 2.70. The van der Waals surface area contributed by atoms with E-state index in [-0.39, 0.29) is 5.91 Å². The first kappa shape index (κ1) is 14.6. The van der Waals surface area contributed by atoms with Crippen molar-refractivity contribution in [1.29, 1.82) is 0 Å². The third kappa shape index (κ3) is 2.98. The Hall–Kier alpha value is -2.30. The summed E-state index contributed by atoms with van der Waals surface area (Å²) >= 11 is 0. The van der Waals surface area contributed by atoms with Gasteiger partial charge in [0.15, 0.2) is 5.69 Å². The van der Waals surface area contributed by atoms with Crippen LogP contribution in [0, 0.1) is 0 Å². The Morgan fingerprint density at radius 1 is 1.41 bits per heavy atom. The maximum Gasteiger partial charge on any atom is 0.271 e. The number of hydrogen-bond acceptors (Lipinski definition) is 3. The van der Waals surface area contributed by atoms with E-state index in [1.165, 1.54) is 0 Å². The average molecular weight is 299 g/mol. The number of nitrogens with one attached hydrogen (secondary N) is 1. The molecule has 1 aliphatic rings. The number of nitrogens with zero attached hydrogens (tertiary/aromatic N) is 2. The van der Waals surface area contributed by atoms with Crippen LogP contribution in [0.25, 0.3) is 5.69 Å². The molecule has 116 valence electrons. The third-order valence-electron chi connectivity index (χ3n) is 3.80. The lowest BCUT2D eigenvalue weighted by molar-refractivity contribution is 0.0948. The summed E-state index contributed by atoms with van der Waals surface area (Å²) in [4.78, 5) is 12.2. The van der Waals surface area contributed by atoms with Gasteiger partial charge in [-0.05, 0) is 37.5 Å². The third-order valence-corrected chi connectivity index (χ3v) is 3.80. The molecule has 0 bridgehead atoms. The highest BCUT2D eigenvalue weighted by Gasteiger charge is 2.29. The van der Waals surface area contributed by atoms with Gasteiger partial charge in [0.1, 0.15) is 5.75 Å². The number of hydrogen-bond donors (Lipinski definition) is 1. The maximum absolute atomic E-state index is 12.2. The Morgan fingerprint density at radius 2 is 2.23 bits per heavy atom. The smallest absolute Gasteiger partial charge is 0.271 e. The Bertz CT molecular complexity index is 674. The fourth-order valence-corrected chi connectivity index (χ4v) is 2.45. The lowest BCUT2D eigenvalue weighted by Crippen LogP contribution is -2.24. The summed E-state index contributed by atoms with van der Waals surface area (Å²) in [5, 5.41) is 7.40. The van der Waals surface area contributed by atoms with Gasteiger partial charge in [-0.25, -0.2) is 4.68 Å². The molecule has 0 atom stereocenters. The van der Waals surface area contributed by atoms with Crippen molar-refractivity contribution in [3.63, 3.8) is 0 Å². The van der Waals surface area contributed by atoms with Gasteiger partial charge in [-0.2, -0.15) is 5.10 Å². The molecule has 0 saturated heterocycles. The van der Waals surface area contributed by atoms with Crippen LogP contribution in [0.1, 0.15) is 48.3 Å². The largest absolute Gasteiger partial charge is 0.497 e. The summed E-state index contributed by atoms with van der Waals surface area (Å²) in [6.07, 6.45) is 3.23. The Labute approximate surface area is 130 Å². The van der Waals surface area contributed by atoms with Crippen LogP contribution in [-0.2, 0) is 0 Å². The fraction of sp³-hybridized carbons (Fsp3) is 0.412. The minimum Gasteiger partial charge on any atom is -0.497 e. The van der Waals surface area contributed by atoms with E-state index in [2.05, 4.69) is 10.4 Å². The highest BCUT2D eigenvalue weighted by atomic mass is 16.5. The predicted molar refractivity (Wildman–Crippen MR) is 84.7 cm³/mol. The van der Waals surface area contributed by atoms with Gasteiger partial charge in [-0.1, -0.05) is 13.0 Å². The SMILES string of the molecule is CCCNC(=O)c1cc(C2CC2)n(-c2cccc(OC)c2)n1. The highest BCUT2D eigenvalue weighted by molar-refractivity contribution is 5.92. The molecule has 0 radical (unpaired) electrons. The molecular formula is C17H21N3O2. The molecule has 22 heavy (non-hydrogen) atoms. The van der Waals surface area contributed by atoms with Crippen LogP contribution in [-0.4, -0.2) is 29.3 Å². The monoisotopic (exact) mass is 299 g/mol. The predicted octanol–water partition coefficient (Wildman–Crippen LogP) is 2.90. The molecular weight excluding hydrogens is 278 g/mol. The van der Waals surface area contributed by atoms with Crippen molar-refractivity contribution >= 4 is 5.91 Å². The number of amides is 1. The zero-order valence-corrected chi connectivity index (χ0v) is 13.0. The van der Waals surface area contributed by atoms with Crippen LogP contribution >= 0.6 is 0 Å². The van der Waals surface area contributed by atoms with Gasteiger partial charge in [0.2, 0.25) is 0 Å². The standard InChI is InChI=1S/C17H21N3O2/c1-3-9-18-17(21)15-11-16(12-7-8-12)20(19-15)13-5-4-6-14(10-13)22-2/h4-6,10-12H,3,7-9H2,1-2H3,(H,18,21). The van der Waals surface area contributed by atoms with E-state index < -0.39 is 0 Å². The average Bonchev–Trinajstić information content (AvgIpc) is 3.31. The lowest BCUT2D eigenvalue weighted by atomic mass is 10.2. The molecule has 1 saturated carbocycles. The Morgan fingerprint density at radius 3 is 2.91 bits per heavy atom. The van der Waals surface area contributed by atoms with Crippen molar-refractivity contribution in [2.75, 3.05) is 13.7 Å². The van der Waals surface area contributed by atoms with Crippen LogP contribution < -0.4 is 10.1 Å². The van der Waals surface area contributed by atoms with E-state index in [1.807, 2.05) is 41.9 Å². The topological polar surface area (TPSA) is 56.2 Å². The summed E-state index contributed by atoms with van der Waals surface area (Å²) in [6, 6.07) is 9.67. The van der Waals surface area contributed by atoms with E-state index in [0.717, 1.165) is 36.4 Å². The van der Waals surface area contributed by atoms with Crippen molar-refractivity contribution in [2.45, 2.75) is 32.1 Å². The Balaban J connectivity index is 1.95. The molecule has 1 amide bonds. The minimum atomic E-state index is -0.106. The second-order valence-corrected chi connectivity index (χ2v) is 5.60. The van der Waals surface area contributed by atoms with Crippen LogP contribution in [0.4, 0.5) is 0 Å². The molecule has 1 heterocycles. The molecule has 1 aromatic heterocycles. The van der Waals surface area contributed by atoms with Crippen LogP contribution in [0.3, 0.4) is 0 Å². The number of methoxy groups -OCH3 is 1. The van der Waals surface area contributed by atoms with E-state index in [4.69, 9.17) is 4.74 Å². The first-order chi connectivity index (χ1) is 10.7. The van der Waals surface area contributed by atoms with Gasteiger partial charge in [-0.15, -0.1) is 0 Å². The molecule has 3 rings (SSSR count). The molecule has 0 aliphatic heterocycles. The van der Waals surface area contributed by atoms with Crippen molar-refractivity contribution in [3.8, 4) is 11.4 Å². The van der Waals surface area contributed by atoms with E-state index in [9.17, 15) is 4.79 Å². The molecule has 2 aromatic rings. The molecule has 1 N–H and O–H groups in total. The number of ether oxygens (including phenoxy) is 1. The molecule has 0 unspecified atom stereocenters. The van der Waals surface area contributed by atoms with Gasteiger partial charge in [0.25, 0.3) is 5.91 Å². The number of benzene rings is 1. The first-order valence-electron chi connectivity index (χ1n) is 7.75. The highest BCUT2D eigenvalue weighted by Crippen LogP contribution is 2.41. The van der Waals surface area contributed by atoms with Crippen molar-refractivity contribution in [1.82, 2.24) is 15.1 Å². The number of aromatic nitrogens is 2. The number of rotatable bonds is 6. The quantitative estimate of drug-likeness (QED) is 0.892.